The zero-order chi connectivity index (χ0) is 17.8. The van der Waals surface area contributed by atoms with Crippen LogP contribution in [0.1, 0.15) is 12.5 Å². The Morgan fingerprint density at radius 2 is 2.12 bits per heavy atom. The number of para-hydroxylation sites is 1. The molecule has 25 heavy (non-hydrogen) atoms. The summed E-state index contributed by atoms with van der Waals surface area (Å²) in [7, 11) is 1.59. The number of ether oxygens (including phenoxy) is 1. The highest BCUT2D eigenvalue weighted by Gasteiger charge is 2.17. The van der Waals surface area contributed by atoms with E-state index in [1.165, 1.54) is 4.85 Å². The van der Waals surface area contributed by atoms with Gasteiger partial charge in [0.2, 0.25) is 6.10 Å². The summed E-state index contributed by atoms with van der Waals surface area (Å²) in [6, 6.07) is 12.6. The van der Waals surface area contributed by atoms with E-state index in [9.17, 15) is 4.79 Å². The molecule has 2 aromatic carbocycles. The number of carbonyl (C=O) groups excluding carboxylic acids is 1. The number of rotatable bonds is 6. The lowest BCUT2D eigenvalue weighted by molar-refractivity contribution is -0.133. The smallest absolute Gasteiger partial charge is 0.263 e. The lowest BCUT2D eigenvalue weighted by Gasteiger charge is -2.14. The Hall–Kier alpha value is -2.80. The van der Waals surface area contributed by atoms with Gasteiger partial charge in [-0.05, 0) is 36.4 Å². The van der Waals surface area contributed by atoms with Crippen molar-refractivity contribution in [1.82, 2.24) is 20.5 Å². The summed E-state index contributed by atoms with van der Waals surface area (Å²) >= 11 is 5.98. The molecule has 1 amide bonds. The van der Waals surface area contributed by atoms with Crippen LogP contribution in [0.3, 0.4) is 0 Å². The average molecular weight is 361 g/mol. The number of hydrogen-bond donors (Lipinski definition) is 1. The molecule has 0 spiro atoms. The predicted octanol–water partition coefficient (Wildman–Crippen LogP) is 2.23. The number of aromatic nitrogens is 3. The molecular formula is C17H17ClN4O3. The minimum Gasteiger partial charge on any atom is -0.496 e. The van der Waals surface area contributed by atoms with Crippen LogP contribution in [0.2, 0.25) is 5.02 Å². The average Bonchev–Trinajstić information content (AvgIpc) is 3.01. The van der Waals surface area contributed by atoms with Crippen LogP contribution in [0.4, 0.5) is 0 Å². The van der Waals surface area contributed by atoms with Crippen molar-refractivity contribution in [3.8, 4) is 5.75 Å². The summed E-state index contributed by atoms with van der Waals surface area (Å²) in [6.45, 7) is 1.97. The third kappa shape index (κ3) is 3.83. The normalized spacial score (nSPS) is 12.0. The number of halogens is 1. The van der Waals surface area contributed by atoms with Gasteiger partial charge in [-0.3, -0.25) is 4.79 Å². The molecule has 1 aromatic heterocycles. The summed E-state index contributed by atoms with van der Waals surface area (Å²) in [6.07, 6.45) is -0.765. The molecule has 0 unspecified atom stereocenters. The zero-order valence-corrected chi connectivity index (χ0v) is 14.5. The number of amides is 1. The van der Waals surface area contributed by atoms with Crippen molar-refractivity contribution in [2.75, 3.05) is 7.11 Å². The Morgan fingerprint density at radius 3 is 2.92 bits per heavy atom. The first-order chi connectivity index (χ1) is 12.1. The Bertz CT molecular complexity index is 896. The number of methoxy groups -OCH3 is 1. The van der Waals surface area contributed by atoms with Crippen LogP contribution in [-0.2, 0) is 11.3 Å². The van der Waals surface area contributed by atoms with E-state index in [1.54, 1.807) is 32.2 Å². The van der Waals surface area contributed by atoms with E-state index in [1.807, 2.05) is 24.3 Å². The van der Waals surface area contributed by atoms with Crippen molar-refractivity contribution in [2.45, 2.75) is 19.6 Å². The summed E-state index contributed by atoms with van der Waals surface area (Å²) < 4.78 is 5.27. The fourth-order valence-corrected chi connectivity index (χ4v) is 2.49. The number of hydrogen-bond acceptors (Lipinski definition) is 5. The van der Waals surface area contributed by atoms with Gasteiger partial charge in [-0.1, -0.05) is 34.6 Å². The molecule has 1 heterocycles. The maximum absolute atomic E-state index is 12.3. The highest BCUT2D eigenvalue weighted by molar-refractivity contribution is 6.31. The standard InChI is InChI=1S/C17H17ClN4O3/c1-11(17(23)19-10-12-5-3-4-6-16(12)24-2)25-22-15-9-13(18)7-8-14(15)20-21-22/h3-9,11H,10H2,1-2H3,(H,19,23)/t11-/m1/s1. The Morgan fingerprint density at radius 1 is 1.32 bits per heavy atom. The Kier molecular flexibility index (Phi) is 5.04. The minimum absolute atomic E-state index is 0.281. The molecule has 0 aliphatic heterocycles. The first-order valence-corrected chi connectivity index (χ1v) is 8.04. The molecule has 0 saturated heterocycles. The van der Waals surface area contributed by atoms with Gasteiger partial charge in [-0.2, -0.15) is 0 Å². The Balaban J connectivity index is 1.65. The fourth-order valence-electron chi connectivity index (χ4n) is 2.32. The van der Waals surface area contributed by atoms with Crippen molar-refractivity contribution < 1.29 is 14.4 Å². The van der Waals surface area contributed by atoms with Gasteiger partial charge in [0.1, 0.15) is 16.8 Å². The number of benzene rings is 2. The molecule has 8 heteroatoms. The van der Waals surface area contributed by atoms with Gasteiger partial charge in [0, 0.05) is 17.1 Å². The molecule has 1 atom stereocenters. The number of nitrogens with one attached hydrogen (secondary N) is 1. The van der Waals surface area contributed by atoms with Crippen LogP contribution >= 0.6 is 11.6 Å². The largest absolute Gasteiger partial charge is 0.496 e. The molecular weight excluding hydrogens is 344 g/mol. The van der Waals surface area contributed by atoms with E-state index in [2.05, 4.69) is 15.6 Å². The summed E-state index contributed by atoms with van der Waals surface area (Å²) in [5.74, 6) is 0.435. The van der Waals surface area contributed by atoms with Crippen LogP contribution in [-0.4, -0.2) is 34.3 Å². The van der Waals surface area contributed by atoms with E-state index in [0.717, 1.165) is 5.56 Å². The van der Waals surface area contributed by atoms with Gasteiger partial charge in [-0.25, -0.2) is 0 Å². The molecule has 7 nitrogen and oxygen atoms in total. The van der Waals surface area contributed by atoms with Crippen molar-refractivity contribution >= 4 is 28.5 Å². The molecule has 0 bridgehead atoms. The quantitative estimate of drug-likeness (QED) is 0.729. The molecule has 0 saturated carbocycles. The van der Waals surface area contributed by atoms with Crippen LogP contribution in [0.25, 0.3) is 11.0 Å². The van der Waals surface area contributed by atoms with E-state index < -0.39 is 6.10 Å². The summed E-state index contributed by atoms with van der Waals surface area (Å²) in [5, 5.41) is 11.2. The van der Waals surface area contributed by atoms with Crippen LogP contribution in [0.5, 0.6) is 5.75 Å². The van der Waals surface area contributed by atoms with Crippen molar-refractivity contribution in [3.63, 3.8) is 0 Å². The van der Waals surface area contributed by atoms with Crippen molar-refractivity contribution in [1.29, 1.82) is 0 Å². The van der Waals surface area contributed by atoms with Crippen LogP contribution < -0.4 is 14.9 Å². The third-order valence-corrected chi connectivity index (χ3v) is 3.89. The first-order valence-electron chi connectivity index (χ1n) is 7.66. The van der Waals surface area contributed by atoms with E-state index in [0.29, 0.717) is 28.4 Å². The second-order valence-electron chi connectivity index (χ2n) is 5.37. The summed E-state index contributed by atoms with van der Waals surface area (Å²) in [4.78, 5) is 19.1. The fraction of sp³-hybridized carbons (Fsp3) is 0.235. The van der Waals surface area contributed by atoms with E-state index >= 15 is 0 Å². The van der Waals surface area contributed by atoms with E-state index in [-0.39, 0.29) is 5.91 Å². The maximum Gasteiger partial charge on any atom is 0.263 e. The van der Waals surface area contributed by atoms with Gasteiger partial charge < -0.3 is 14.9 Å². The molecule has 0 aliphatic rings. The van der Waals surface area contributed by atoms with Crippen LogP contribution in [0, 0.1) is 0 Å². The number of nitrogens with zero attached hydrogens (tertiary/aromatic N) is 3. The number of carbonyl (C=O) groups is 1. The van der Waals surface area contributed by atoms with Gasteiger partial charge in [-0.15, -0.1) is 5.10 Å². The minimum atomic E-state index is -0.765. The topological polar surface area (TPSA) is 78.3 Å². The summed E-state index contributed by atoms with van der Waals surface area (Å²) in [5.41, 5.74) is 2.10. The zero-order valence-electron chi connectivity index (χ0n) is 13.8. The molecule has 0 aliphatic carbocycles. The van der Waals surface area contributed by atoms with Gasteiger partial charge >= 0.3 is 0 Å². The molecule has 3 aromatic rings. The first kappa shape index (κ1) is 17.0. The third-order valence-electron chi connectivity index (χ3n) is 3.65. The number of fused-ring (bicyclic) bond motifs is 1. The van der Waals surface area contributed by atoms with Crippen molar-refractivity contribution in [3.05, 3.63) is 53.1 Å². The monoisotopic (exact) mass is 360 g/mol. The lowest BCUT2D eigenvalue weighted by Crippen LogP contribution is -2.39. The molecule has 3 rings (SSSR count). The predicted molar refractivity (Wildman–Crippen MR) is 93.4 cm³/mol. The highest BCUT2D eigenvalue weighted by atomic mass is 35.5. The van der Waals surface area contributed by atoms with Gasteiger partial charge in [0.25, 0.3) is 5.91 Å². The second kappa shape index (κ2) is 7.40. The second-order valence-corrected chi connectivity index (χ2v) is 5.81. The van der Waals surface area contributed by atoms with Crippen LogP contribution in [0.15, 0.2) is 42.5 Å². The molecule has 130 valence electrons. The van der Waals surface area contributed by atoms with Crippen molar-refractivity contribution in [2.24, 2.45) is 0 Å². The Labute approximate surface area is 149 Å². The molecule has 1 N–H and O–H groups in total. The molecule has 0 fully saturated rings. The maximum atomic E-state index is 12.3. The van der Waals surface area contributed by atoms with Gasteiger partial charge in [0.15, 0.2) is 0 Å². The van der Waals surface area contributed by atoms with E-state index in [4.69, 9.17) is 21.2 Å². The molecule has 0 radical (unpaired) electrons. The SMILES string of the molecule is COc1ccccc1CNC(=O)[C@@H](C)On1nnc2ccc(Cl)cc21. The van der Waals surface area contributed by atoms with Gasteiger partial charge in [0.05, 0.1) is 7.11 Å². The lowest BCUT2D eigenvalue weighted by atomic mass is 10.2. The highest BCUT2D eigenvalue weighted by Crippen LogP contribution is 2.17.